The molecule has 0 spiro atoms. The normalized spacial score (nSPS) is 11.3. The highest BCUT2D eigenvalue weighted by atomic mass is 35.5. The molecule has 2 rings (SSSR count). The standard InChI is InChI=1S/C19H18ClNO5/c1-13(19(24)14-7-9-15(20)10-8-14)26-18(23)11-21-17(22)12-25-16-5-3-2-4-6-16/h2-10,13H,11-12H2,1H3,(H,21,22)/t13-/m1/s1. The summed E-state index contributed by atoms with van der Waals surface area (Å²) in [5, 5.41) is 2.88. The fourth-order valence-corrected chi connectivity index (χ4v) is 2.15. The molecule has 26 heavy (non-hydrogen) atoms. The molecule has 2 aromatic carbocycles. The summed E-state index contributed by atoms with van der Waals surface area (Å²) in [6, 6.07) is 15.1. The minimum atomic E-state index is -0.971. The fourth-order valence-electron chi connectivity index (χ4n) is 2.03. The Morgan fingerprint density at radius 2 is 1.69 bits per heavy atom. The van der Waals surface area contributed by atoms with Gasteiger partial charge in [0.05, 0.1) is 0 Å². The van der Waals surface area contributed by atoms with E-state index in [1.54, 1.807) is 48.5 Å². The number of rotatable bonds is 8. The Morgan fingerprint density at radius 3 is 2.35 bits per heavy atom. The van der Waals surface area contributed by atoms with Gasteiger partial charge in [0, 0.05) is 10.6 Å². The van der Waals surface area contributed by atoms with Crippen LogP contribution in [-0.2, 0) is 14.3 Å². The molecule has 0 saturated carbocycles. The zero-order chi connectivity index (χ0) is 18.9. The molecule has 0 fully saturated rings. The zero-order valence-electron chi connectivity index (χ0n) is 14.1. The molecule has 0 aliphatic carbocycles. The average Bonchev–Trinajstić information content (AvgIpc) is 2.65. The van der Waals surface area contributed by atoms with E-state index in [9.17, 15) is 14.4 Å². The Hall–Kier alpha value is -2.86. The quantitative estimate of drug-likeness (QED) is 0.566. The molecule has 0 aliphatic rings. The molecule has 1 amide bonds. The number of halogens is 1. The van der Waals surface area contributed by atoms with Crippen molar-refractivity contribution in [1.82, 2.24) is 5.32 Å². The van der Waals surface area contributed by atoms with Crippen LogP contribution in [-0.4, -0.2) is 36.9 Å². The van der Waals surface area contributed by atoms with Gasteiger partial charge < -0.3 is 14.8 Å². The summed E-state index contributed by atoms with van der Waals surface area (Å²) in [5.41, 5.74) is 0.384. The first kappa shape index (κ1) is 19.5. The lowest BCUT2D eigenvalue weighted by molar-refractivity contribution is -0.146. The Labute approximate surface area is 156 Å². The van der Waals surface area contributed by atoms with Crippen LogP contribution >= 0.6 is 11.6 Å². The Bertz CT molecular complexity index is 761. The molecule has 0 bridgehead atoms. The molecular formula is C19H18ClNO5. The van der Waals surface area contributed by atoms with Crippen molar-refractivity contribution in [1.29, 1.82) is 0 Å². The molecule has 7 heteroatoms. The average molecular weight is 376 g/mol. The number of para-hydroxylation sites is 1. The number of benzene rings is 2. The van der Waals surface area contributed by atoms with Gasteiger partial charge in [0.15, 0.2) is 12.7 Å². The van der Waals surface area contributed by atoms with Gasteiger partial charge in [-0.05, 0) is 43.3 Å². The molecule has 6 nitrogen and oxygen atoms in total. The highest BCUT2D eigenvalue weighted by molar-refractivity contribution is 6.30. The maximum absolute atomic E-state index is 12.2. The summed E-state index contributed by atoms with van der Waals surface area (Å²) in [6.07, 6.45) is -0.971. The SMILES string of the molecule is C[C@@H](OC(=O)CNC(=O)COc1ccccc1)C(=O)c1ccc(Cl)cc1. The number of hydrogen-bond acceptors (Lipinski definition) is 5. The molecule has 0 aromatic heterocycles. The van der Waals surface area contributed by atoms with Crippen molar-refractivity contribution >= 4 is 29.3 Å². The van der Waals surface area contributed by atoms with Crippen molar-refractivity contribution in [2.75, 3.05) is 13.2 Å². The van der Waals surface area contributed by atoms with Crippen LogP contribution in [0.5, 0.6) is 5.75 Å². The van der Waals surface area contributed by atoms with Crippen molar-refractivity contribution in [2.45, 2.75) is 13.0 Å². The molecule has 0 unspecified atom stereocenters. The number of ether oxygens (including phenoxy) is 2. The number of carbonyl (C=O) groups excluding carboxylic acids is 3. The second kappa shape index (κ2) is 9.58. The minimum absolute atomic E-state index is 0.226. The van der Waals surface area contributed by atoms with Crippen LogP contribution < -0.4 is 10.1 Å². The number of amides is 1. The van der Waals surface area contributed by atoms with Gasteiger partial charge in [-0.1, -0.05) is 29.8 Å². The van der Waals surface area contributed by atoms with E-state index in [1.165, 1.54) is 6.92 Å². The number of esters is 1. The van der Waals surface area contributed by atoms with Gasteiger partial charge in [0.2, 0.25) is 5.78 Å². The topological polar surface area (TPSA) is 81.7 Å². The molecule has 0 aliphatic heterocycles. The van der Waals surface area contributed by atoms with E-state index in [4.69, 9.17) is 21.1 Å². The fraction of sp³-hybridized carbons (Fsp3) is 0.211. The number of hydrogen-bond donors (Lipinski definition) is 1. The van der Waals surface area contributed by atoms with Gasteiger partial charge in [-0.15, -0.1) is 0 Å². The van der Waals surface area contributed by atoms with Gasteiger partial charge in [0.25, 0.3) is 5.91 Å². The smallest absolute Gasteiger partial charge is 0.326 e. The van der Waals surface area contributed by atoms with Crippen LogP contribution in [0.1, 0.15) is 17.3 Å². The monoisotopic (exact) mass is 375 g/mol. The van der Waals surface area contributed by atoms with Gasteiger partial charge in [-0.2, -0.15) is 0 Å². The lowest BCUT2D eigenvalue weighted by Crippen LogP contribution is -2.36. The second-order valence-electron chi connectivity index (χ2n) is 5.38. The summed E-state index contributed by atoms with van der Waals surface area (Å²) in [7, 11) is 0. The van der Waals surface area contributed by atoms with Crippen molar-refractivity contribution in [3.63, 3.8) is 0 Å². The lowest BCUT2D eigenvalue weighted by atomic mass is 10.1. The maximum atomic E-state index is 12.2. The third-order valence-corrected chi connectivity index (χ3v) is 3.60. The first-order valence-corrected chi connectivity index (χ1v) is 8.27. The molecule has 136 valence electrons. The molecule has 0 heterocycles. The van der Waals surface area contributed by atoms with E-state index in [1.807, 2.05) is 6.07 Å². The van der Waals surface area contributed by atoms with E-state index in [-0.39, 0.29) is 18.9 Å². The number of nitrogens with one attached hydrogen (secondary N) is 1. The van der Waals surface area contributed by atoms with Crippen molar-refractivity contribution < 1.29 is 23.9 Å². The van der Waals surface area contributed by atoms with E-state index in [0.29, 0.717) is 16.3 Å². The lowest BCUT2D eigenvalue weighted by Gasteiger charge is -2.13. The molecule has 1 atom stereocenters. The summed E-state index contributed by atoms with van der Waals surface area (Å²) in [6.45, 7) is 0.890. The summed E-state index contributed by atoms with van der Waals surface area (Å²) >= 11 is 5.77. The summed E-state index contributed by atoms with van der Waals surface area (Å²) in [5.74, 6) is -0.989. The molecule has 2 aromatic rings. The number of carbonyl (C=O) groups is 3. The minimum Gasteiger partial charge on any atom is -0.484 e. The van der Waals surface area contributed by atoms with E-state index < -0.39 is 18.0 Å². The third kappa shape index (κ3) is 6.22. The Kier molecular flexibility index (Phi) is 7.17. The first-order valence-electron chi connectivity index (χ1n) is 7.89. The molecule has 1 N–H and O–H groups in total. The Balaban J connectivity index is 1.72. The van der Waals surface area contributed by atoms with Gasteiger partial charge >= 0.3 is 5.97 Å². The zero-order valence-corrected chi connectivity index (χ0v) is 14.9. The maximum Gasteiger partial charge on any atom is 0.326 e. The second-order valence-corrected chi connectivity index (χ2v) is 5.82. The molecular weight excluding hydrogens is 358 g/mol. The van der Waals surface area contributed by atoms with Gasteiger partial charge in [-0.25, -0.2) is 0 Å². The molecule has 0 radical (unpaired) electrons. The highest BCUT2D eigenvalue weighted by Gasteiger charge is 2.19. The van der Waals surface area contributed by atoms with Crippen LogP contribution in [0.3, 0.4) is 0 Å². The van der Waals surface area contributed by atoms with Crippen LogP contribution in [0.2, 0.25) is 5.02 Å². The molecule has 0 saturated heterocycles. The number of ketones is 1. The van der Waals surface area contributed by atoms with Crippen molar-refractivity contribution in [3.8, 4) is 5.75 Å². The van der Waals surface area contributed by atoms with Crippen LogP contribution in [0, 0.1) is 0 Å². The number of Topliss-reactive ketones (excluding diaryl/α,β-unsaturated/α-hetero) is 1. The van der Waals surface area contributed by atoms with Gasteiger partial charge in [-0.3, -0.25) is 14.4 Å². The van der Waals surface area contributed by atoms with Crippen LogP contribution in [0.4, 0.5) is 0 Å². The highest BCUT2D eigenvalue weighted by Crippen LogP contribution is 2.12. The van der Waals surface area contributed by atoms with E-state index >= 15 is 0 Å². The predicted octanol–water partition coefficient (Wildman–Crippen LogP) is 2.65. The van der Waals surface area contributed by atoms with E-state index in [2.05, 4.69) is 5.32 Å². The van der Waals surface area contributed by atoms with Crippen molar-refractivity contribution in [3.05, 3.63) is 65.2 Å². The van der Waals surface area contributed by atoms with Gasteiger partial charge in [0.1, 0.15) is 12.3 Å². The first-order chi connectivity index (χ1) is 12.5. The van der Waals surface area contributed by atoms with Crippen molar-refractivity contribution in [2.24, 2.45) is 0 Å². The summed E-state index contributed by atoms with van der Waals surface area (Å²) in [4.78, 5) is 35.6. The van der Waals surface area contributed by atoms with Crippen LogP contribution in [0.25, 0.3) is 0 Å². The predicted molar refractivity (Wildman–Crippen MR) is 96.3 cm³/mol. The van der Waals surface area contributed by atoms with Crippen LogP contribution in [0.15, 0.2) is 54.6 Å². The third-order valence-electron chi connectivity index (χ3n) is 3.35. The Morgan fingerprint density at radius 1 is 1.04 bits per heavy atom. The summed E-state index contributed by atoms with van der Waals surface area (Å²) < 4.78 is 10.3. The van der Waals surface area contributed by atoms with E-state index in [0.717, 1.165) is 0 Å². The largest absolute Gasteiger partial charge is 0.484 e.